The third-order valence-corrected chi connectivity index (χ3v) is 7.82. The number of carbonyl (C=O) groups is 2. The first-order chi connectivity index (χ1) is 15.8. The molecule has 0 radical (unpaired) electrons. The largest absolute Gasteiger partial charge is 0.325 e. The Balaban J connectivity index is 1.30. The molecule has 2 fully saturated rings. The average molecular weight is 475 g/mol. The minimum atomic E-state index is -3.71. The van der Waals surface area contributed by atoms with Crippen molar-refractivity contribution in [2.75, 3.05) is 49.5 Å². The Kier molecular flexibility index (Phi) is 7.06. The van der Waals surface area contributed by atoms with Gasteiger partial charge in [0.2, 0.25) is 21.8 Å². The van der Waals surface area contributed by atoms with Gasteiger partial charge in [0.1, 0.15) is 5.82 Å². The molecule has 1 N–H and O–H groups in total. The third-order valence-electron chi connectivity index (χ3n) is 5.90. The number of rotatable bonds is 6. The van der Waals surface area contributed by atoms with Gasteiger partial charge in [0.25, 0.3) is 0 Å². The molecule has 0 spiro atoms. The Labute approximate surface area is 193 Å². The topological polar surface area (TPSA) is 90.0 Å². The van der Waals surface area contributed by atoms with Crippen molar-refractivity contribution >= 4 is 33.2 Å². The summed E-state index contributed by atoms with van der Waals surface area (Å²) in [5, 5.41) is 2.86. The van der Waals surface area contributed by atoms with Crippen molar-refractivity contribution in [3.63, 3.8) is 0 Å². The lowest BCUT2D eigenvalue weighted by Gasteiger charge is -2.21. The van der Waals surface area contributed by atoms with Gasteiger partial charge in [-0.15, -0.1) is 0 Å². The van der Waals surface area contributed by atoms with Gasteiger partial charge in [-0.2, -0.15) is 4.31 Å². The fourth-order valence-corrected chi connectivity index (χ4v) is 5.62. The van der Waals surface area contributed by atoms with Crippen molar-refractivity contribution in [1.29, 1.82) is 0 Å². The van der Waals surface area contributed by atoms with Gasteiger partial charge < -0.3 is 10.2 Å². The van der Waals surface area contributed by atoms with Crippen LogP contribution in [0.4, 0.5) is 15.8 Å². The van der Waals surface area contributed by atoms with E-state index < -0.39 is 15.8 Å². The number of anilines is 2. The Hall–Kier alpha value is -2.82. The first kappa shape index (κ1) is 23.3. The number of halogens is 1. The lowest BCUT2D eigenvalue weighted by molar-refractivity contribution is -0.118. The smallest absolute Gasteiger partial charge is 0.243 e. The molecule has 2 amide bonds. The van der Waals surface area contributed by atoms with Gasteiger partial charge in [0, 0.05) is 44.0 Å². The Morgan fingerprint density at radius 2 is 1.64 bits per heavy atom. The summed E-state index contributed by atoms with van der Waals surface area (Å²) in [6, 6.07) is 12.0. The van der Waals surface area contributed by atoms with Crippen LogP contribution in [-0.4, -0.2) is 68.7 Å². The van der Waals surface area contributed by atoms with Crippen LogP contribution in [0, 0.1) is 5.82 Å². The summed E-state index contributed by atoms with van der Waals surface area (Å²) in [4.78, 5) is 28.1. The highest BCUT2D eigenvalue weighted by Gasteiger charge is 2.27. The molecule has 0 aromatic heterocycles. The number of sulfonamides is 1. The summed E-state index contributed by atoms with van der Waals surface area (Å²) in [6.07, 6.45) is 2.01. The van der Waals surface area contributed by atoms with Gasteiger partial charge in [-0.05, 0) is 67.9 Å². The van der Waals surface area contributed by atoms with E-state index in [9.17, 15) is 22.4 Å². The second-order valence-corrected chi connectivity index (χ2v) is 10.2. The molecule has 0 unspecified atom stereocenters. The second-order valence-electron chi connectivity index (χ2n) is 8.23. The van der Waals surface area contributed by atoms with Crippen molar-refractivity contribution in [1.82, 2.24) is 9.21 Å². The van der Waals surface area contributed by atoms with Crippen LogP contribution >= 0.6 is 0 Å². The maximum atomic E-state index is 13.1. The van der Waals surface area contributed by atoms with Crippen LogP contribution in [0.2, 0.25) is 0 Å². The average Bonchev–Trinajstić information content (AvgIpc) is 3.07. The molecular weight excluding hydrogens is 447 g/mol. The molecule has 10 heteroatoms. The quantitative estimate of drug-likeness (QED) is 0.694. The summed E-state index contributed by atoms with van der Waals surface area (Å²) in [6.45, 7) is 2.48. The maximum Gasteiger partial charge on any atom is 0.243 e. The Morgan fingerprint density at radius 1 is 0.909 bits per heavy atom. The molecule has 176 valence electrons. The zero-order valence-corrected chi connectivity index (χ0v) is 19.1. The first-order valence-corrected chi connectivity index (χ1v) is 12.5. The SMILES string of the molecule is O=C(CN1CCCN(S(=O)(=O)c2ccc(F)cc2)CC1)Nc1ccc(N2CCCC2=O)cc1. The van der Waals surface area contributed by atoms with Gasteiger partial charge in [0.05, 0.1) is 11.4 Å². The summed E-state index contributed by atoms with van der Waals surface area (Å²) in [5.74, 6) is -0.556. The molecule has 33 heavy (non-hydrogen) atoms. The normalized spacial score (nSPS) is 18.3. The summed E-state index contributed by atoms with van der Waals surface area (Å²) in [7, 11) is -3.71. The van der Waals surface area contributed by atoms with Gasteiger partial charge >= 0.3 is 0 Å². The van der Waals surface area contributed by atoms with Crippen LogP contribution in [0.1, 0.15) is 19.3 Å². The molecule has 2 saturated heterocycles. The first-order valence-electron chi connectivity index (χ1n) is 11.0. The van der Waals surface area contributed by atoms with Crippen LogP contribution < -0.4 is 10.2 Å². The second kappa shape index (κ2) is 9.98. The van der Waals surface area contributed by atoms with Crippen molar-refractivity contribution in [3.8, 4) is 0 Å². The summed E-state index contributed by atoms with van der Waals surface area (Å²) >= 11 is 0. The maximum absolute atomic E-state index is 13.1. The van der Waals surface area contributed by atoms with Crippen molar-refractivity contribution in [2.45, 2.75) is 24.2 Å². The standard InChI is InChI=1S/C23H27FN4O4S/c24-18-4-10-21(11-5-18)33(31,32)27-13-2-12-26(15-16-27)17-22(29)25-19-6-8-20(9-7-19)28-14-1-3-23(28)30/h4-11H,1-3,12-17H2,(H,25,29). The number of benzene rings is 2. The van der Waals surface area contributed by atoms with E-state index in [1.165, 1.54) is 16.4 Å². The van der Waals surface area contributed by atoms with E-state index >= 15 is 0 Å². The number of hydrogen-bond donors (Lipinski definition) is 1. The monoisotopic (exact) mass is 474 g/mol. The van der Waals surface area contributed by atoms with Gasteiger partial charge in [-0.3, -0.25) is 14.5 Å². The predicted octanol–water partition coefficient (Wildman–Crippen LogP) is 2.29. The lowest BCUT2D eigenvalue weighted by atomic mass is 10.2. The van der Waals surface area contributed by atoms with Crippen LogP contribution in [0.5, 0.6) is 0 Å². The van der Waals surface area contributed by atoms with E-state index in [2.05, 4.69) is 5.32 Å². The number of amides is 2. The van der Waals surface area contributed by atoms with Crippen LogP contribution in [-0.2, 0) is 19.6 Å². The third kappa shape index (κ3) is 5.58. The van der Waals surface area contributed by atoms with Gasteiger partial charge in [0.15, 0.2) is 0 Å². The van der Waals surface area contributed by atoms with Crippen LogP contribution in [0.25, 0.3) is 0 Å². The van der Waals surface area contributed by atoms with Crippen molar-refractivity contribution in [3.05, 3.63) is 54.3 Å². The molecule has 0 aliphatic carbocycles. The molecule has 0 bridgehead atoms. The lowest BCUT2D eigenvalue weighted by Crippen LogP contribution is -2.38. The van der Waals surface area contributed by atoms with Crippen molar-refractivity contribution in [2.24, 2.45) is 0 Å². The van der Waals surface area contributed by atoms with Gasteiger partial charge in [-0.25, -0.2) is 12.8 Å². The number of nitrogens with zero attached hydrogens (tertiary/aromatic N) is 3. The zero-order chi connectivity index (χ0) is 23.4. The number of nitrogens with one attached hydrogen (secondary N) is 1. The molecule has 2 aromatic rings. The van der Waals surface area contributed by atoms with E-state index in [1.807, 2.05) is 17.0 Å². The van der Waals surface area contributed by atoms with E-state index in [0.717, 1.165) is 24.2 Å². The van der Waals surface area contributed by atoms with Crippen LogP contribution in [0.3, 0.4) is 0 Å². The molecule has 2 aliphatic rings. The molecule has 0 atom stereocenters. The Bertz CT molecular complexity index is 1110. The van der Waals surface area contributed by atoms with E-state index in [4.69, 9.17) is 0 Å². The van der Waals surface area contributed by atoms with E-state index in [1.54, 1.807) is 17.0 Å². The molecule has 8 nitrogen and oxygen atoms in total. The fourth-order valence-electron chi connectivity index (χ4n) is 4.15. The predicted molar refractivity (Wildman–Crippen MR) is 123 cm³/mol. The number of carbonyl (C=O) groups excluding carboxylic acids is 2. The van der Waals surface area contributed by atoms with E-state index in [0.29, 0.717) is 44.7 Å². The van der Waals surface area contributed by atoms with Gasteiger partial charge in [-0.1, -0.05) is 0 Å². The summed E-state index contributed by atoms with van der Waals surface area (Å²) in [5.41, 5.74) is 1.47. The highest BCUT2D eigenvalue weighted by Crippen LogP contribution is 2.23. The minimum absolute atomic E-state index is 0.0640. The summed E-state index contributed by atoms with van der Waals surface area (Å²) < 4.78 is 40.2. The highest BCUT2D eigenvalue weighted by molar-refractivity contribution is 7.89. The number of hydrogen-bond acceptors (Lipinski definition) is 5. The van der Waals surface area contributed by atoms with Crippen LogP contribution in [0.15, 0.2) is 53.4 Å². The minimum Gasteiger partial charge on any atom is -0.325 e. The molecule has 2 heterocycles. The fraction of sp³-hybridized carbons (Fsp3) is 0.391. The zero-order valence-electron chi connectivity index (χ0n) is 18.2. The molecule has 2 aliphatic heterocycles. The van der Waals surface area contributed by atoms with E-state index in [-0.39, 0.29) is 29.8 Å². The molecular formula is C23H27FN4O4S. The Morgan fingerprint density at radius 3 is 2.30 bits per heavy atom. The van der Waals surface area contributed by atoms with Crippen molar-refractivity contribution < 1.29 is 22.4 Å². The molecule has 2 aromatic carbocycles. The highest BCUT2D eigenvalue weighted by atomic mass is 32.2. The molecule has 4 rings (SSSR count). The molecule has 0 saturated carbocycles.